The van der Waals surface area contributed by atoms with Crippen LogP contribution in [0.15, 0.2) is 36.4 Å². The molecule has 2 aromatic rings. The summed E-state index contributed by atoms with van der Waals surface area (Å²) in [5.74, 6) is 1.64. The first-order chi connectivity index (χ1) is 17.9. The van der Waals surface area contributed by atoms with E-state index in [1.165, 1.54) is 32.8 Å². The van der Waals surface area contributed by atoms with Gasteiger partial charge < -0.3 is 28.8 Å². The van der Waals surface area contributed by atoms with Crippen LogP contribution in [0.3, 0.4) is 0 Å². The molecule has 0 aliphatic heterocycles. The van der Waals surface area contributed by atoms with Crippen molar-refractivity contribution in [3.05, 3.63) is 47.5 Å². The van der Waals surface area contributed by atoms with E-state index in [1.807, 2.05) is 18.2 Å². The van der Waals surface area contributed by atoms with E-state index >= 15 is 0 Å². The molecule has 0 heterocycles. The summed E-state index contributed by atoms with van der Waals surface area (Å²) in [6.45, 7) is 0. The number of rotatable bonds is 10. The highest BCUT2D eigenvalue weighted by Gasteiger charge is 2.20. The van der Waals surface area contributed by atoms with E-state index in [9.17, 15) is 9.59 Å². The van der Waals surface area contributed by atoms with Crippen LogP contribution in [0.2, 0.25) is 0 Å². The summed E-state index contributed by atoms with van der Waals surface area (Å²) in [6.07, 6.45) is 10.1. The lowest BCUT2D eigenvalue weighted by Crippen LogP contribution is -2.12. The van der Waals surface area contributed by atoms with Gasteiger partial charge in [-0.2, -0.15) is 0 Å². The number of hydrogen-bond donors (Lipinski definition) is 1. The van der Waals surface area contributed by atoms with E-state index in [0.717, 1.165) is 42.6 Å². The second-order valence-corrected chi connectivity index (χ2v) is 9.34. The number of methoxy groups -OCH3 is 3. The largest absolute Gasteiger partial charge is 0.493 e. The molecule has 2 aromatic carbocycles. The van der Waals surface area contributed by atoms with E-state index in [1.54, 1.807) is 32.4 Å². The van der Waals surface area contributed by atoms with Crippen molar-refractivity contribution in [2.24, 2.45) is 0 Å². The van der Waals surface area contributed by atoms with Crippen LogP contribution >= 0.6 is 0 Å². The average molecular weight is 515 g/mol. The monoisotopic (exact) mass is 514 g/mol. The minimum Gasteiger partial charge on any atom is -0.493 e. The molecule has 0 bridgehead atoms. The van der Waals surface area contributed by atoms with Crippen molar-refractivity contribution < 1.29 is 38.4 Å². The molecule has 0 spiro atoms. The normalized spacial score (nSPS) is 15.4. The third kappa shape index (κ3) is 8.88. The van der Waals surface area contributed by atoms with Crippen molar-refractivity contribution in [1.29, 1.82) is 0 Å². The maximum atomic E-state index is 11.3. The fourth-order valence-electron chi connectivity index (χ4n) is 4.62. The van der Waals surface area contributed by atoms with Gasteiger partial charge in [0, 0.05) is 0 Å². The van der Waals surface area contributed by atoms with Gasteiger partial charge in [0.15, 0.2) is 23.0 Å². The first kappa shape index (κ1) is 28.2. The SMILES string of the molecule is COC(=O)Cc1ccc(OC2CCCC2)c(OC)c1.COc1cc(CC(=O)O)ccc1OC1CCCC1. The minimum absolute atomic E-state index is 0.0000680. The first-order valence-electron chi connectivity index (χ1n) is 12.9. The van der Waals surface area contributed by atoms with Crippen LogP contribution in [0.5, 0.6) is 23.0 Å². The molecule has 1 N–H and O–H groups in total. The summed E-state index contributed by atoms with van der Waals surface area (Å²) in [4.78, 5) is 21.9. The van der Waals surface area contributed by atoms with Gasteiger partial charge >= 0.3 is 11.9 Å². The Labute approximate surface area is 218 Å². The van der Waals surface area contributed by atoms with E-state index in [0.29, 0.717) is 23.4 Å². The maximum absolute atomic E-state index is 11.3. The van der Waals surface area contributed by atoms with Gasteiger partial charge in [-0.15, -0.1) is 0 Å². The second-order valence-electron chi connectivity index (χ2n) is 9.34. The van der Waals surface area contributed by atoms with Crippen molar-refractivity contribution in [3.63, 3.8) is 0 Å². The highest BCUT2D eigenvalue weighted by atomic mass is 16.5. The van der Waals surface area contributed by atoms with E-state index in [-0.39, 0.29) is 24.9 Å². The van der Waals surface area contributed by atoms with Crippen molar-refractivity contribution >= 4 is 11.9 Å². The number of esters is 1. The molecule has 0 unspecified atom stereocenters. The molecule has 2 saturated carbocycles. The Kier molecular flexibility index (Phi) is 10.9. The van der Waals surface area contributed by atoms with Crippen LogP contribution in [0.1, 0.15) is 62.5 Å². The lowest BCUT2D eigenvalue weighted by Gasteiger charge is -2.16. The molecule has 0 aromatic heterocycles. The Balaban J connectivity index is 0.000000206. The Morgan fingerprint density at radius 3 is 1.51 bits per heavy atom. The number of carboxylic acids is 1. The average Bonchev–Trinajstić information content (AvgIpc) is 3.60. The number of carbonyl (C=O) groups is 2. The summed E-state index contributed by atoms with van der Waals surface area (Å²) < 4.78 is 27.1. The molecule has 8 nitrogen and oxygen atoms in total. The summed E-state index contributed by atoms with van der Waals surface area (Å²) >= 11 is 0. The molecular weight excluding hydrogens is 476 g/mol. The quantitative estimate of drug-likeness (QED) is 0.422. The van der Waals surface area contributed by atoms with Crippen LogP contribution in [0.4, 0.5) is 0 Å². The lowest BCUT2D eigenvalue weighted by atomic mass is 10.1. The predicted molar refractivity (Wildman–Crippen MR) is 139 cm³/mol. The first-order valence-corrected chi connectivity index (χ1v) is 12.9. The topological polar surface area (TPSA) is 101 Å². The molecule has 2 aliphatic rings. The van der Waals surface area contributed by atoms with Crippen molar-refractivity contribution in [1.82, 2.24) is 0 Å². The molecular formula is C29H38O8. The van der Waals surface area contributed by atoms with Gasteiger partial charge in [-0.25, -0.2) is 0 Å². The molecule has 2 aliphatic carbocycles. The molecule has 4 rings (SSSR count). The fourth-order valence-corrected chi connectivity index (χ4v) is 4.62. The van der Waals surface area contributed by atoms with Gasteiger partial charge in [-0.05, 0) is 86.8 Å². The zero-order valence-corrected chi connectivity index (χ0v) is 22.0. The van der Waals surface area contributed by atoms with Crippen molar-refractivity contribution in [3.8, 4) is 23.0 Å². The van der Waals surface area contributed by atoms with E-state index < -0.39 is 5.97 Å². The fraction of sp³-hybridized carbons (Fsp3) is 0.517. The number of carbonyl (C=O) groups excluding carboxylic acids is 1. The van der Waals surface area contributed by atoms with Crippen LogP contribution in [-0.2, 0) is 27.2 Å². The Hall–Kier alpha value is -3.42. The summed E-state index contributed by atoms with van der Waals surface area (Å²) in [6, 6.07) is 10.9. The van der Waals surface area contributed by atoms with E-state index in [2.05, 4.69) is 4.74 Å². The van der Waals surface area contributed by atoms with Gasteiger partial charge in [0.25, 0.3) is 0 Å². The lowest BCUT2D eigenvalue weighted by molar-refractivity contribution is -0.140. The molecule has 37 heavy (non-hydrogen) atoms. The van der Waals surface area contributed by atoms with Crippen LogP contribution in [0, 0.1) is 0 Å². The Morgan fingerprint density at radius 1 is 0.703 bits per heavy atom. The molecule has 202 valence electrons. The van der Waals surface area contributed by atoms with E-state index in [4.69, 9.17) is 24.1 Å². The Morgan fingerprint density at radius 2 is 1.14 bits per heavy atom. The highest BCUT2D eigenvalue weighted by Crippen LogP contribution is 2.33. The maximum Gasteiger partial charge on any atom is 0.309 e. The van der Waals surface area contributed by atoms with Gasteiger partial charge in [0.05, 0.1) is 46.4 Å². The standard InChI is InChI=1S/C15H20O4.C14H18O4/c1-17-14-9-11(10-15(16)18-2)7-8-13(14)19-12-5-3-4-6-12;1-17-13-8-10(9-14(15)16)6-7-12(13)18-11-4-2-3-5-11/h7-9,12H,3-6,10H2,1-2H3;6-8,11H,2-5,9H2,1H3,(H,15,16). The van der Waals surface area contributed by atoms with Crippen molar-refractivity contribution in [2.45, 2.75) is 76.4 Å². The molecule has 2 fully saturated rings. The van der Waals surface area contributed by atoms with Crippen LogP contribution in [-0.4, -0.2) is 50.6 Å². The van der Waals surface area contributed by atoms with Crippen LogP contribution < -0.4 is 18.9 Å². The summed E-state index contributed by atoms with van der Waals surface area (Å²) in [5.41, 5.74) is 1.58. The molecule has 0 amide bonds. The van der Waals surface area contributed by atoms with Gasteiger partial charge in [-0.1, -0.05) is 12.1 Å². The molecule has 8 heteroatoms. The van der Waals surface area contributed by atoms with Gasteiger partial charge in [0.1, 0.15) is 0 Å². The smallest absolute Gasteiger partial charge is 0.309 e. The second kappa shape index (κ2) is 14.4. The molecule has 0 atom stereocenters. The highest BCUT2D eigenvalue weighted by molar-refractivity contribution is 5.72. The summed E-state index contributed by atoms with van der Waals surface area (Å²) in [5, 5.41) is 8.76. The molecule has 0 saturated heterocycles. The van der Waals surface area contributed by atoms with Crippen LogP contribution in [0.25, 0.3) is 0 Å². The minimum atomic E-state index is -0.846. The number of aliphatic carboxylic acids is 1. The third-order valence-corrected chi connectivity index (χ3v) is 6.58. The third-order valence-electron chi connectivity index (χ3n) is 6.58. The zero-order valence-electron chi connectivity index (χ0n) is 22.0. The number of hydrogen-bond acceptors (Lipinski definition) is 7. The Bertz CT molecular complexity index is 1020. The number of benzene rings is 2. The summed E-state index contributed by atoms with van der Waals surface area (Å²) in [7, 11) is 4.57. The molecule has 0 radical (unpaired) electrons. The number of ether oxygens (including phenoxy) is 5. The van der Waals surface area contributed by atoms with Crippen molar-refractivity contribution in [2.75, 3.05) is 21.3 Å². The predicted octanol–water partition coefficient (Wildman–Crippen LogP) is 5.38. The van der Waals surface area contributed by atoms with Gasteiger partial charge in [-0.3, -0.25) is 9.59 Å². The zero-order chi connectivity index (χ0) is 26.6. The van der Waals surface area contributed by atoms with Gasteiger partial charge in [0.2, 0.25) is 0 Å². The number of carboxylic acid groups (broad SMARTS) is 1.